The first-order chi connectivity index (χ1) is 8.34. The van der Waals surface area contributed by atoms with Gasteiger partial charge in [0.05, 0.1) is 0 Å². The summed E-state index contributed by atoms with van der Waals surface area (Å²) in [5, 5.41) is 4.76. The molecule has 98 valence electrons. The summed E-state index contributed by atoms with van der Waals surface area (Å²) in [6.45, 7) is 11.3. The quantitative estimate of drug-likeness (QED) is 0.819. The van der Waals surface area contributed by atoms with E-state index in [1.54, 1.807) is 0 Å². The van der Waals surface area contributed by atoms with Crippen LogP contribution in [0.15, 0.2) is 18.2 Å². The standard InChI is InChI=1S/C16H23NS/c1-10-13-9-12(16(3,4)5)7-8-14(13)18-15(10)11(2)17-6/h7-9,11,17H,1-6H3. The van der Waals surface area contributed by atoms with Crippen molar-refractivity contribution in [1.82, 2.24) is 5.32 Å². The second-order valence-electron chi connectivity index (χ2n) is 6.06. The maximum absolute atomic E-state index is 3.34. The monoisotopic (exact) mass is 261 g/mol. The average molecular weight is 261 g/mol. The summed E-state index contributed by atoms with van der Waals surface area (Å²) in [7, 11) is 2.02. The second-order valence-corrected chi connectivity index (χ2v) is 7.15. The largest absolute Gasteiger partial charge is 0.313 e. The smallest absolute Gasteiger partial charge is 0.0386 e. The molecule has 1 N–H and O–H groups in total. The molecule has 2 heteroatoms. The van der Waals surface area contributed by atoms with Crippen LogP contribution in [0.25, 0.3) is 10.1 Å². The minimum Gasteiger partial charge on any atom is -0.313 e. The van der Waals surface area contributed by atoms with Gasteiger partial charge in [-0.1, -0.05) is 26.8 Å². The Kier molecular flexibility index (Phi) is 3.52. The third kappa shape index (κ3) is 2.32. The molecule has 0 aliphatic heterocycles. The molecule has 1 aromatic carbocycles. The molecule has 0 fully saturated rings. The van der Waals surface area contributed by atoms with Crippen molar-refractivity contribution in [2.24, 2.45) is 0 Å². The fourth-order valence-corrected chi connectivity index (χ4v) is 3.50. The van der Waals surface area contributed by atoms with Crippen LogP contribution < -0.4 is 5.32 Å². The maximum atomic E-state index is 3.34. The molecule has 0 aliphatic carbocycles. The fraction of sp³-hybridized carbons (Fsp3) is 0.500. The van der Waals surface area contributed by atoms with Gasteiger partial charge in [0.2, 0.25) is 0 Å². The average Bonchev–Trinajstić information content (AvgIpc) is 2.64. The Hall–Kier alpha value is -0.860. The molecular weight excluding hydrogens is 238 g/mol. The SMILES string of the molecule is CNC(C)c1sc2ccc(C(C)(C)C)cc2c1C. The van der Waals surface area contributed by atoms with E-state index in [1.165, 1.54) is 26.1 Å². The normalized spacial score (nSPS) is 14.1. The van der Waals surface area contributed by atoms with E-state index >= 15 is 0 Å². The summed E-state index contributed by atoms with van der Waals surface area (Å²) in [5.41, 5.74) is 3.07. The zero-order valence-electron chi connectivity index (χ0n) is 12.2. The van der Waals surface area contributed by atoms with Gasteiger partial charge in [0.1, 0.15) is 0 Å². The van der Waals surface area contributed by atoms with Crippen molar-refractivity contribution in [2.75, 3.05) is 7.05 Å². The molecule has 0 radical (unpaired) electrons. The lowest BCUT2D eigenvalue weighted by molar-refractivity contribution is 0.591. The van der Waals surface area contributed by atoms with E-state index in [4.69, 9.17) is 0 Å². The summed E-state index contributed by atoms with van der Waals surface area (Å²) in [6.07, 6.45) is 0. The molecule has 2 rings (SSSR count). The summed E-state index contributed by atoms with van der Waals surface area (Å²) in [4.78, 5) is 1.46. The van der Waals surface area contributed by atoms with Crippen LogP contribution in [0.3, 0.4) is 0 Å². The molecule has 0 amide bonds. The van der Waals surface area contributed by atoms with Gasteiger partial charge < -0.3 is 5.32 Å². The van der Waals surface area contributed by atoms with Gasteiger partial charge in [0.15, 0.2) is 0 Å². The number of aryl methyl sites for hydroxylation is 1. The van der Waals surface area contributed by atoms with Crippen molar-refractivity contribution in [3.05, 3.63) is 34.2 Å². The van der Waals surface area contributed by atoms with Gasteiger partial charge in [-0.2, -0.15) is 0 Å². The first-order valence-electron chi connectivity index (χ1n) is 6.55. The van der Waals surface area contributed by atoms with Crippen molar-refractivity contribution in [2.45, 2.75) is 46.1 Å². The number of thiophene rings is 1. The van der Waals surface area contributed by atoms with Crippen molar-refractivity contribution in [3.63, 3.8) is 0 Å². The number of hydrogen-bond acceptors (Lipinski definition) is 2. The molecule has 1 aromatic heterocycles. The highest BCUT2D eigenvalue weighted by Gasteiger charge is 2.17. The number of fused-ring (bicyclic) bond motifs is 1. The van der Waals surface area contributed by atoms with E-state index in [0.717, 1.165) is 0 Å². The molecule has 2 aromatic rings. The van der Waals surface area contributed by atoms with E-state index < -0.39 is 0 Å². The zero-order valence-corrected chi connectivity index (χ0v) is 13.0. The molecule has 1 nitrogen and oxygen atoms in total. The van der Waals surface area contributed by atoms with Crippen LogP contribution in [0.5, 0.6) is 0 Å². The molecule has 1 heterocycles. The molecule has 0 bridgehead atoms. The van der Waals surface area contributed by atoms with Gasteiger partial charge in [-0.25, -0.2) is 0 Å². The van der Waals surface area contributed by atoms with Gasteiger partial charge >= 0.3 is 0 Å². The van der Waals surface area contributed by atoms with Crippen LogP contribution in [0, 0.1) is 6.92 Å². The molecule has 0 aliphatic rings. The highest BCUT2D eigenvalue weighted by molar-refractivity contribution is 7.19. The van der Waals surface area contributed by atoms with Crippen LogP contribution in [0.2, 0.25) is 0 Å². The third-order valence-electron chi connectivity index (χ3n) is 3.67. The minimum absolute atomic E-state index is 0.220. The Balaban J connectivity index is 2.60. The molecule has 1 unspecified atom stereocenters. The highest BCUT2D eigenvalue weighted by Crippen LogP contribution is 2.36. The number of hydrogen-bond donors (Lipinski definition) is 1. The first-order valence-corrected chi connectivity index (χ1v) is 7.37. The Bertz CT molecular complexity index is 560. The van der Waals surface area contributed by atoms with Gasteiger partial charge in [-0.3, -0.25) is 0 Å². The first kappa shape index (κ1) is 13.6. The van der Waals surface area contributed by atoms with Crippen molar-refractivity contribution < 1.29 is 0 Å². The summed E-state index contributed by atoms with van der Waals surface area (Å²) in [5.74, 6) is 0. The Morgan fingerprint density at radius 1 is 1.22 bits per heavy atom. The van der Waals surface area contributed by atoms with Crippen LogP contribution in [-0.4, -0.2) is 7.05 Å². The second kappa shape index (κ2) is 4.67. The van der Waals surface area contributed by atoms with Gasteiger partial charge in [0.25, 0.3) is 0 Å². The summed E-state index contributed by atoms with van der Waals surface area (Å²) < 4.78 is 1.40. The topological polar surface area (TPSA) is 12.0 Å². The lowest BCUT2D eigenvalue weighted by Crippen LogP contribution is -2.11. The third-order valence-corrected chi connectivity index (χ3v) is 5.12. The molecule has 0 saturated carbocycles. The fourth-order valence-electron chi connectivity index (χ4n) is 2.25. The van der Waals surface area contributed by atoms with Gasteiger partial charge in [-0.05, 0) is 55.0 Å². The van der Waals surface area contributed by atoms with Crippen molar-refractivity contribution in [1.29, 1.82) is 0 Å². The molecular formula is C16H23NS. The lowest BCUT2D eigenvalue weighted by Gasteiger charge is -2.19. The highest BCUT2D eigenvalue weighted by atomic mass is 32.1. The molecule has 0 spiro atoms. The maximum Gasteiger partial charge on any atom is 0.0386 e. The molecule has 18 heavy (non-hydrogen) atoms. The lowest BCUT2D eigenvalue weighted by atomic mass is 9.86. The number of benzene rings is 1. The predicted molar refractivity (Wildman–Crippen MR) is 82.7 cm³/mol. The van der Waals surface area contributed by atoms with Crippen molar-refractivity contribution >= 4 is 21.4 Å². The van der Waals surface area contributed by atoms with Gasteiger partial charge in [-0.15, -0.1) is 11.3 Å². The number of nitrogens with one attached hydrogen (secondary N) is 1. The van der Waals surface area contributed by atoms with E-state index in [-0.39, 0.29) is 5.41 Å². The van der Waals surface area contributed by atoms with E-state index in [2.05, 4.69) is 58.1 Å². The summed E-state index contributed by atoms with van der Waals surface area (Å²) in [6, 6.07) is 7.35. The van der Waals surface area contributed by atoms with E-state index in [9.17, 15) is 0 Å². The van der Waals surface area contributed by atoms with Crippen LogP contribution >= 0.6 is 11.3 Å². The minimum atomic E-state index is 0.220. The van der Waals surface area contributed by atoms with E-state index in [0.29, 0.717) is 6.04 Å². The van der Waals surface area contributed by atoms with E-state index in [1.807, 2.05) is 18.4 Å². The Morgan fingerprint density at radius 2 is 1.89 bits per heavy atom. The molecule has 1 atom stereocenters. The van der Waals surface area contributed by atoms with Crippen LogP contribution in [0.4, 0.5) is 0 Å². The van der Waals surface area contributed by atoms with Crippen molar-refractivity contribution in [3.8, 4) is 0 Å². The van der Waals surface area contributed by atoms with Crippen LogP contribution in [0.1, 0.15) is 49.7 Å². The predicted octanol–water partition coefficient (Wildman–Crippen LogP) is 4.79. The van der Waals surface area contributed by atoms with Crippen LogP contribution in [-0.2, 0) is 5.41 Å². The number of rotatable bonds is 2. The zero-order chi connectivity index (χ0) is 13.5. The Labute approximate surface area is 114 Å². The Morgan fingerprint density at radius 3 is 2.44 bits per heavy atom. The molecule has 0 saturated heterocycles. The summed E-state index contributed by atoms with van der Waals surface area (Å²) >= 11 is 1.91. The van der Waals surface area contributed by atoms with Gasteiger partial charge in [0, 0.05) is 15.6 Å².